The van der Waals surface area contributed by atoms with Crippen LogP contribution in [0.25, 0.3) is 0 Å². The molecule has 2 aliphatic rings. The lowest BCUT2D eigenvalue weighted by molar-refractivity contribution is 0.102. The first kappa shape index (κ1) is 17.1. The van der Waals surface area contributed by atoms with Crippen molar-refractivity contribution in [2.75, 3.05) is 23.9 Å². The molecule has 1 aromatic carbocycles. The molecule has 4 rings (SSSR count). The van der Waals surface area contributed by atoms with E-state index in [1.54, 1.807) is 36.1 Å². The standard InChI is InChI=1S/C18H21N3O4S/c1-25-15-6-4-13(5-7-15)19-18(22)16-10-17(12-2-3-12)21(20-16)14-8-9-26(23,24)11-14/h4-7,10,12,14H,2-3,8-9,11H2,1H3,(H,19,22). The Kier molecular flexibility index (Phi) is 4.22. The highest BCUT2D eigenvalue weighted by molar-refractivity contribution is 7.91. The van der Waals surface area contributed by atoms with Gasteiger partial charge in [-0.15, -0.1) is 0 Å². The summed E-state index contributed by atoms with van der Waals surface area (Å²) in [5.74, 6) is 1.10. The highest BCUT2D eigenvalue weighted by Gasteiger charge is 2.36. The van der Waals surface area contributed by atoms with E-state index in [9.17, 15) is 13.2 Å². The molecule has 0 radical (unpaired) electrons. The van der Waals surface area contributed by atoms with E-state index in [0.29, 0.717) is 29.5 Å². The normalized spacial score (nSPS) is 21.5. The molecule has 1 aliphatic carbocycles. The minimum Gasteiger partial charge on any atom is -0.497 e. The zero-order valence-electron chi connectivity index (χ0n) is 14.5. The predicted octanol–water partition coefficient (Wildman–Crippen LogP) is 2.38. The molecule has 2 aromatic rings. The van der Waals surface area contributed by atoms with Crippen LogP contribution in [0.1, 0.15) is 47.4 Å². The number of carbonyl (C=O) groups excluding carboxylic acids is 1. The van der Waals surface area contributed by atoms with Crippen LogP contribution in [0.2, 0.25) is 0 Å². The van der Waals surface area contributed by atoms with Crippen LogP contribution in [0, 0.1) is 0 Å². The number of sulfone groups is 1. The molecule has 8 heteroatoms. The van der Waals surface area contributed by atoms with Gasteiger partial charge in [0.25, 0.3) is 5.91 Å². The average molecular weight is 375 g/mol. The SMILES string of the molecule is COc1ccc(NC(=O)c2cc(C3CC3)n(C3CCS(=O)(=O)C3)n2)cc1. The fourth-order valence-corrected chi connectivity index (χ4v) is 5.03. The van der Waals surface area contributed by atoms with Crippen molar-refractivity contribution in [1.29, 1.82) is 0 Å². The number of hydrogen-bond acceptors (Lipinski definition) is 5. The molecule has 1 saturated carbocycles. The first-order valence-electron chi connectivity index (χ1n) is 8.70. The van der Waals surface area contributed by atoms with Crippen LogP contribution in [-0.4, -0.2) is 42.7 Å². The molecule has 2 heterocycles. The number of benzene rings is 1. The van der Waals surface area contributed by atoms with Crippen LogP contribution < -0.4 is 10.1 Å². The van der Waals surface area contributed by atoms with Crippen molar-refractivity contribution in [3.05, 3.63) is 41.7 Å². The van der Waals surface area contributed by atoms with Crippen molar-refractivity contribution in [2.24, 2.45) is 0 Å². The summed E-state index contributed by atoms with van der Waals surface area (Å²) < 4.78 is 30.5. The summed E-state index contributed by atoms with van der Waals surface area (Å²) in [5, 5.41) is 7.29. The molecule has 0 spiro atoms. The molecule has 1 amide bonds. The molecular formula is C18H21N3O4S. The van der Waals surface area contributed by atoms with E-state index < -0.39 is 9.84 Å². The molecule has 1 aromatic heterocycles. The third kappa shape index (κ3) is 3.46. The fraction of sp³-hybridized carbons (Fsp3) is 0.444. The molecule has 138 valence electrons. The number of methoxy groups -OCH3 is 1. The van der Waals surface area contributed by atoms with Crippen molar-refractivity contribution in [2.45, 2.75) is 31.2 Å². The maximum Gasteiger partial charge on any atom is 0.276 e. The van der Waals surface area contributed by atoms with Crippen molar-refractivity contribution in [3.8, 4) is 5.75 Å². The van der Waals surface area contributed by atoms with Gasteiger partial charge in [-0.25, -0.2) is 8.42 Å². The largest absolute Gasteiger partial charge is 0.497 e. The van der Waals surface area contributed by atoms with E-state index in [1.165, 1.54) is 0 Å². The Morgan fingerprint density at radius 3 is 2.54 bits per heavy atom. The maximum atomic E-state index is 12.6. The zero-order chi connectivity index (χ0) is 18.3. The lowest BCUT2D eigenvalue weighted by Crippen LogP contribution is -2.17. The van der Waals surface area contributed by atoms with Crippen LogP contribution in [0.3, 0.4) is 0 Å². The Labute approximate surface area is 152 Å². The molecule has 1 saturated heterocycles. The van der Waals surface area contributed by atoms with Gasteiger partial charge in [-0.3, -0.25) is 9.48 Å². The quantitative estimate of drug-likeness (QED) is 0.866. The van der Waals surface area contributed by atoms with E-state index in [-0.39, 0.29) is 23.5 Å². The third-order valence-electron chi connectivity index (χ3n) is 4.90. The smallest absolute Gasteiger partial charge is 0.276 e. The number of nitrogens with one attached hydrogen (secondary N) is 1. The van der Waals surface area contributed by atoms with Gasteiger partial charge in [0.2, 0.25) is 0 Å². The van der Waals surface area contributed by atoms with E-state index in [0.717, 1.165) is 18.5 Å². The van der Waals surface area contributed by atoms with E-state index in [4.69, 9.17) is 4.74 Å². The van der Waals surface area contributed by atoms with Gasteiger partial charge < -0.3 is 10.1 Å². The molecule has 0 bridgehead atoms. The lowest BCUT2D eigenvalue weighted by Gasteiger charge is -2.12. The summed E-state index contributed by atoms with van der Waals surface area (Å²) in [6.07, 6.45) is 2.68. The minimum absolute atomic E-state index is 0.105. The summed E-state index contributed by atoms with van der Waals surface area (Å²) >= 11 is 0. The molecule has 1 aliphatic heterocycles. The Bertz CT molecular complexity index is 930. The van der Waals surface area contributed by atoms with E-state index >= 15 is 0 Å². The minimum atomic E-state index is -3.01. The van der Waals surface area contributed by atoms with Crippen LogP contribution in [-0.2, 0) is 9.84 Å². The summed E-state index contributed by atoms with van der Waals surface area (Å²) in [4.78, 5) is 12.6. The van der Waals surface area contributed by atoms with Gasteiger partial charge in [0, 0.05) is 17.3 Å². The highest BCUT2D eigenvalue weighted by Crippen LogP contribution is 2.42. The molecular weight excluding hydrogens is 354 g/mol. The van der Waals surface area contributed by atoms with Crippen molar-refractivity contribution in [1.82, 2.24) is 9.78 Å². The van der Waals surface area contributed by atoms with Crippen molar-refractivity contribution >= 4 is 21.4 Å². The number of hydrogen-bond donors (Lipinski definition) is 1. The molecule has 1 atom stereocenters. The second-order valence-electron chi connectivity index (χ2n) is 6.91. The maximum absolute atomic E-state index is 12.6. The Morgan fingerprint density at radius 1 is 1.23 bits per heavy atom. The Morgan fingerprint density at radius 2 is 1.96 bits per heavy atom. The number of rotatable bonds is 5. The van der Waals surface area contributed by atoms with Crippen LogP contribution >= 0.6 is 0 Å². The second-order valence-corrected chi connectivity index (χ2v) is 9.14. The van der Waals surface area contributed by atoms with Crippen LogP contribution in [0.15, 0.2) is 30.3 Å². The zero-order valence-corrected chi connectivity index (χ0v) is 15.3. The number of aromatic nitrogens is 2. The first-order chi connectivity index (χ1) is 12.4. The van der Waals surface area contributed by atoms with Crippen molar-refractivity contribution in [3.63, 3.8) is 0 Å². The predicted molar refractivity (Wildman–Crippen MR) is 97.5 cm³/mol. The van der Waals surface area contributed by atoms with Gasteiger partial charge >= 0.3 is 0 Å². The average Bonchev–Trinajstić information content (AvgIpc) is 3.26. The molecule has 1 unspecified atom stereocenters. The fourth-order valence-electron chi connectivity index (χ4n) is 3.33. The monoisotopic (exact) mass is 375 g/mol. The summed E-state index contributed by atoms with van der Waals surface area (Å²) in [5.41, 5.74) is 1.96. The van der Waals surface area contributed by atoms with Gasteiger partial charge in [-0.2, -0.15) is 5.10 Å². The number of anilines is 1. The number of nitrogens with zero attached hydrogens (tertiary/aromatic N) is 2. The molecule has 7 nitrogen and oxygen atoms in total. The van der Waals surface area contributed by atoms with E-state index in [2.05, 4.69) is 10.4 Å². The van der Waals surface area contributed by atoms with Crippen molar-refractivity contribution < 1.29 is 17.9 Å². The van der Waals surface area contributed by atoms with E-state index in [1.807, 2.05) is 6.07 Å². The van der Waals surface area contributed by atoms with Gasteiger partial charge in [0.05, 0.1) is 24.7 Å². The lowest BCUT2D eigenvalue weighted by atomic mass is 10.2. The Balaban J connectivity index is 1.56. The van der Waals surface area contributed by atoms with Gasteiger partial charge in [-0.05, 0) is 49.6 Å². The molecule has 2 fully saturated rings. The number of ether oxygens (including phenoxy) is 1. The summed E-state index contributed by atoms with van der Waals surface area (Å²) in [6, 6.07) is 8.71. The second kappa shape index (κ2) is 6.42. The molecule has 1 N–H and O–H groups in total. The molecule has 26 heavy (non-hydrogen) atoms. The third-order valence-corrected chi connectivity index (χ3v) is 6.65. The first-order valence-corrected chi connectivity index (χ1v) is 10.5. The number of carbonyl (C=O) groups is 1. The summed E-state index contributed by atoms with van der Waals surface area (Å²) in [6.45, 7) is 0. The summed E-state index contributed by atoms with van der Waals surface area (Å²) in [7, 11) is -1.42. The topological polar surface area (TPSA) is 90.3 Å². The van der Waals surface area contributed by atoms with Gasteiger partial charge in [0.15, 0.2) is 15.5 Å². The van der Waals surface area contributed by atoms with Crippen LogP contribution in [0.4, 0.5) is 5.69 Å². The number of amides is 1. The van der Waals surface area contributed by atoms with Gasteiger partial charge in [-0.1, -0.05) is 0 Å². The van der Waals surface area contributed by atoms with Crippen LogP contribution in [0.5, 0.6) is 5.75 Å². The Hall–Kier alpha value is -2.35. The van der Waals surface area contributed by atoms with Gasteiger partial charge in [0.1, 0.15) is 5.75 Å². The highest BCUT2D eigenvalue weighted by atomic mass is 32.2.